The molecule has 0 unspecified atom stereocenters. The van der Waals surface area contributed by atoms with E-state index in [0.717, 1.165) is 55.2 Å². The Hall–Kier alpha value is -4.17. The van der Waals surface area contributed by atoms with Crippen LogP contribution in [0.15, 0.2) is 55.2 Å². The molecule has 40 heavy (non-hydrogen) atoms. The van der Waals surface area contributed by atoms with Crippen molar-refractivity contribution >= 4 is 11.6 Å². The zero-order valence-corrected chi connectivity index (χ0v) is 22.4. The highest BCUT2D eigenvalue weighted by molar-refractivity contribution is 5.69. The second kappa shape index (κ2) is 12.3. The number of nitrogens with zero attached hydrogens (tertiary/aromatic N) is 8. The first-order valence-electron chi connectivity index (χ1n) is 13.3. The molecule has 3 aromatic heterocycles. The van der Waals surface area contributed by atoms with Crippen molar-refractivity contribution in [1.29, 1.82) is 0 Å². The molecule has 2 aliphatic heterocycles. The predicted molar refractivity (Wildman–Crippen MR) is 148 cm³/mol. The van der Waals surface area contributed by atoms with E-state index >= 15 is 0 Å². The predicted octanol–water partition coefficient (Wildman–Crippen LogP) is 2.01. The summed E-state index contributed by atoms with van der Waals surface area (Å²) in [6.45, 7) is 6.73. The standard InChI is InChI=1S/C27H32N10O3/c1-38-9-8-36-19-22(14-31-36)24-17-30-26-27(32-24)37(34-33-26)18-20-3-2-4-21(13-20)25-28-15-23(16-29-25)40-12-7-35-5-10-39-11-6-35/h2-4,13-17,19,34H,5-12,18H2,1H3,(H,30,33). The molecule has 0 radical (unpaired) electrons. The van der Waals surface area contributed by atoms with Crippen molar-refractivity contribution in [3.05, 3.63) is 60.8 Å². The summed E-state index contributed by atoms with van der Waals surface area (Å²) < 4.78 is 18.2. The van der Waals surface area contributed by atoms with E-state index in [1.807, 2.05) is 28.0 Å². The zero-order chi connectivity index (χ0) is 27.1. The summed E-state index contributed by atoms with van der Waals surface area (Å²) in [5.74, 6) is 2.68. The van der Waals surface area contributed by atoms with Gasteiger partial charge in [-0.05, 0) is 11.6 Å². The Kier molecular flexibility index (Phi) is 8.05. The first-order valence-corrected chi connectivity index (χ1v) is 13.3. The van der Waals surface area contributed by atoms with Gasteiger partial charge < -0.3 is 14.2 Å². The molecular weight excluding hydrogens is 512 g/mol. The van der Waals surface area contributed by atoms with Crippen LogP contribution in [-0.4, -0.2) is 87.8 Å². The van der Waals surface area contributed by atoms with Crippen molar-refractivity contribution < 1.29 is 14.2 Å². The maximum atomic E-state index is 5.85. The highest BCUT2D eigenvalue weighted by atomic mass is 16.5. The van der Waals surface area contributed by atoms with Crippen LogP contribution < -0.4 is 20.7 Å². The van der Waals surface area contributed by atoms with Gasteiger partial charge in [-0.2, -0.15) is 5.10 Å². The van der Waals surface area contributed by atoms with Gasteiger partial charge in [0.1, 0.15) is 6.61 Å². The van der Waals surface area contributed by atoms with Crippen molar-refractivity contribution in [1.82, 2.24) is 40.2 Å². The Morgan fingerprint density at radius 3 is 2.70 bits per heavy atom. The molecular formula is C27H32N10O3. The van der Waals surface area contributed by atoms with E-state index in [0.29, 0.717) is 49.5 Å². The largest absolute Gasteiger partial charge is 0.489 e. The Labute approximate surface area is 232 Å². The minimum atomic E-state index is 0.557. The zero-order valence-electron chi connectivity index (χ0n) is 22.4. The Morgan fingerprint density at radius 2 is 1.85 bits per heavy atom. The summed E-state index contributed by atoms with van der Waals surface area (Å²) in [7, 11) is 1.67. The van der Waals surface area contributed by atoms with Gasteiger partial charge in [0.25, 0.3) is 0 Å². The van der Waals surface area contributed by atoms with E-state index in [9.17, 15) is 0 Å². The highest BCUT2D eigenvalue weighted by Crippen LogP contribution is 2.29. The van der Waals surface area contributed by atoms with Gasteiger partial charge in [0, 0.05) is 44.1 Å². The summed E-state index contributed by atoms with van der Waals surface area (Å²) in [6, 6.07) is 8.14. The fourth-order valence-electron chi connectivity index (χ4n) is 4.53. The van der Waals surface area contributed by atoms with E-state index in [1.54, 1.807) is 31.9 Å². The Balaban J connectivity index is 1.09. The molecule has 13 nitrogen and oxygen atoms in total. The molecule has 0 aliphatic carbocycles. The lowest BCUT2D eigenvalue weighted by Gasteiger charge is -2.26. The van der Waals surface area contributed by atoms with Gasteiger partial charge in [-0.1, -0.05) is 18.2 Å². The summed E-state index contributed by atoms with van der Waals surface area (Å²) in [5, 5.41) is 6.31. The number of ether oxygens (including phenoxy) is 3. The number of methoxy groups -OCH3 is 1. The average Bonchev–Trinajstić information content (AvgIpc) is 3.64. The van der Waals surface area contributed by atoms with Crippen LogP contribution in [0.2, 0.25) is 0 Å². The van der Waals surface area contributed by atoms with Gasteiger partial charge in [0.15, 0.2) is 23.2 Å². The third kappa shape index (κ3) is 6.18. The van der Waals surface area contributed by atoms with Gasteiger partial charge in [0.05, 0.1) is 63.4 Å². The van der Waals surface area contributed by atoms with Crippen molar-refractivity contribution in [2.45, 2.75) is 13.1 Å². The third-order valence-corrected chi connectivity index (χ3v) is 6.71. The molecule has 13 heteroatoms. The van der Waals surface area contributed by atoms with Gasteiger partial charge in [-0.3, -0.25) is 20.0 Å². The Morgan fingerprint density at radius 1 is 0.975 bits per heavy atom. The number of rotatable bonds is 11. The smallest absolute Gasteiger partial charge is 0.190 e. The van der Waals surface area contributed by atoms with Crippen LogP contribution in [0.3, 0.4) is 0 Å². The second-order valence-corrected chi connectivity index (χ2v) is 9.48. The van der Waals surface area contributed by atoms with E-state index in [1.165, 1.54) is 0 Å². The van der Waals surface area contributed by atoms with Crippen LogP contribution >= 0.6 is 0 Å². The minimum absolute atomic E-state index is 0.557. The quantitative estimate of drug-likeness (QED) is 0.287. The molecule has 0 atom stereocenters. The van der Waals surface area contributed by atoms with Crippen molar-refractivity contribution in [2.24, 2.45) is 0 Å². The topological polar surface area (TPSA) is 128 Å². The van der Waals surface area contributed by atoms with E-state index < -0.39 is 0 Å². The molecule has 1 aromatic carbocycles. The molecule has 0 amide bonds. The molecule has 1 saturated heterocycles. The number of benzene rings is 1. The number of hydrogen-bond acceptors (Lipinski definition) is 12. The number of aromatic nitrogens is 6. The molecule has 5 heterocycles. The normalized spacial score (nSPS) is 15.2. The fourth-order valence-corrected chi connectivity index (χ4v) is 4.53. The van der Waals surface area contributed by atoms with Crippen molar-refractivity contribution in [2.75, 3.05) is 63.6 Å². The number of hydrazine groups is 2. The lowest BCUT2D eigenvalue weighted by Crippen LogP contribution is -2.38. The number of anilines is 2. The fraction of sp³-hybridized carbons (Fsp3) is 0.370. The first-order chi connectivity index (χ1) is 19.7. The van der Waals surface area contributed by atoms with E-state index in [2.05, 4.69) is 48.0 Å². The summed E-state index contributed by atoms with van der Waals surface area (Å²) >= 11 is 0. The van der Waals surface area contributed by atoms with Crippen LogP contribution in [0.1, 0.15) is 5.56 Å². The van der Waals surface area contributed by atoms with E-state index in [-0.39, 0.29) is 0 Å². The van der Waals surface area contributed by atoms with Gasteiger partial charge in [-0.15, -0.1) is 5.53 Å². The van der Waals surface area contributed by atoms with Gasteiger partial charge in [0.2, 0.25) is 0 Å². The minimum Gasteiger partial charge on any atom is -0.489 e. The van der Waals surface area contributed by atoms with Crippen molar-refractivity contribution in [3.63, 3.8) is 0 Å². The Bertz CT molecular complexity index is 1410. The number of nitrogens with one attached hydrogen (secondary N) is 2. The summed E-state index contributed by atoms with van der Waals surface area (Å²) in [6.07, 6.45) is 8.92. The average molecular weight is 545 g/mol. The second-order valence-electron chi connectivity index (χ2n) is 9.48. The molecule has 2 aliphatic rings. The maximum absolute atomic E-state index is 5.85. The molecule has 4 aromatic rings. The van der Waals surface area contributed by atoms with Gasteiger partial charge >= 0.3 is 0 Å². The SMILES string of the molecule is COCCn1cc(-c2cnc3c(n2)N(Cc2cccc(-c4ncc(OCCN5CCOCC5)cn4)c2)NN3)cn1. The number of hydrogen-bond donors (Lipinski definition) is 2. The third-order valence-electron chi connectivity index (χ3n) is 6.71. The number of fused-ring (bicyclic) bond motifs is 1. The van der Waals surface area contributed by atoms with E-state index in [4.69, 9.17) is 19.2 Å². The maximum Gasteiger partial charge on any atom is 0.190 e. The summed E-state index contributed by atoms with van der Waals surface area (Å²) in [5.41, 5.74) is 9.87. The molecule has 1 fully saturated rings. The molecule has 2 N–H and O–H groups in total. The van der Waals surface area contributed by atoms with Crippen LogP contribution in [0.25, 0.3) is 22.6 Å². The lowest BCUT2D eigenvalue weighted by atomic mass is 10.1. The lowest BCUT2D eigenvalue weighted by molar-refractivity contribution is 0.0322. The monoisotopic (exact) mass is 544 g/mol. The molecule has 208 valence electrons. The summed E-state index contributed by atoms with van der Waals surface area (Å²) in [4.78, 5) is 20.8. The van der Waals surface area contributed by atoms with Crippen LogP contribution in [0.4, 0.5) is 11.6 Å². The molecule has 6 rings (SSSR count). The van der Waals surface area contributed by atoms with Crippen molar-refractivity contribution in [3.8, 4) is 28.4 Å². The highest BCUT2D eigenvalue weighted by Gasteiger charge is 2.23. The van der Waals surface area contributed by atoms with Gasteiger partial charge in [-0.25, -0.2) is 19.9 Å². The molecule has 0 bridgehead atoms. The molecule has 0 spiro atoms. The van der Waals surface area contributed by atoms with Crippen LogP contribution in [0.5, 0.6) is 5.75 Å². The first kappa shape index (κ1) is 26.1. The van der Waals surface area contributed by atoms with Crippen LogP contribution in [0, 0.1) is 0 Å². The van der Waals surface area contributed by atoms with Crippen LogP contribution in [-0.2, 0) is 22.6 Å². The number of morpholine rings is 1. The molecule has 0 saturated carbocycles.